The summed E-state index contributed by atoms with van der Waals surface area (Å²) in [6.45, 7) is 1.48. The molecule has 2 rings (SSSR count). The van der Waals surface area contributed by atoms with Crippen LogP contribution < -0.4 is 4.74 Å². The number of ether oxygens (including phenoxy) is 1. The predicted octanol–water partition coefficient (Wildman–Crippen LogP) is 0.940. The molecule has 2 aromatic heterocycles. The molecule has 14 heavy (non-hydrogen) atoms. The number of Topliss-reactive ketones (excluding diaryl/α,β-unsaturated/α-hetero) is 1. The maximum atomic E-state index is 11.0. The van der Waals surface area contributed by atoms with Crippen molar-refractivity contribution in [2.45, 2.75) is 6.92 Å². The zero-order valence-electron chi connectivity index (χ0n) is 7.89. The van der Waals surface area contributed by atoms with E-state index in [1.807, 2.05) is 0 Å². The van der Waals surface area contributed by atoms with Crippen molar-refractivity contribution in [3.8, 4) is 5.88 Å². The van der Waals surface area contributed by atoms with Crippen LogP contribution in [0.3, 0.4) is 0 Å². The lowest BCUT2D eigenvalue weighted by Crippen LogP contribution is -1.90. The van der Waals surface area contributed by atoms with Crippen molar-refractivity contribution in [3.05, 3.63) is 24.3 Å². The van der Waals surface area contributed by atoms with E-state index < -0.39 is 0 Å². The number of fused-ring (bicyclic) bond motifs is 1. The highest BCUT2D eigenvalue weighted by atomic mass is 16.5. The first-order valence-corrected chi connectivity index (χ1v) is 4.10. The lowest BCUT2D eigenvalue weighted by atomic mass is 10.3. The fraction of sp³-hybridized carbons (Fsp3) is 0.222. The average Bonchev–Trinajstić information content (AvgIpc) is 2.59. The summed E-state index contributed by atoms with van der Waals surface area (Å²) in [4.78, 5) is 19.1. The highest BCUT2D eigenvalue weighted by Gasteiger charge is 2.06. The SMILES string of the molecule is COc1cn2cc(C(C)=O)nc2cn1. The Morgan fingerprint density at radius 3 is 2.93 bits per heavy atom. The summed E-state index contributed by atoms with van der Waals surface area (Å²) in [5.74, 6) is 0.428. The van der Waals surface area contributed by atoms with Crippen LogP contribution in [0.1, 0.15) is 17.4 Å². The lowest BCUT2D eigenvalue weighted by Gasteiger charge is -1.97. The first-order valence-electron chi connectivity index (χ1n) is 4.10. The largest absolute Gasteiger partial charge is 0.480 e. The van der Waals surface area contributed by atoms with E-state index in [-0.39, 0.29) is 5.78 Å². The first-order chi connectivity index (χ1) is 6.70. The van der Waals surface area contributed by atoms with Crippen molar-refractivity contribution in [3.63, 3.8) is 0 Å². The molecule has 0 aliphatic heterocycles. The van der Waals surface area contributed by atoms with Gasteiger partial charge < -0.3 is 4.74 Å². The smallest absolute Gasteiger partial charge is 0.230 e. The van der Waals surface area contributed by atoms with Crippen molar-refractivity contribution < 1.29 is 9.53 Å². The van der Waals surface area contributed by atoms with Gasteiger partial charge in [0.05, 0.1) is 19.5 Å². The molecule has 0 fully saturated rings. The molecule has 0 radical (unpaired) electrons. The van der Waals surface area contributed by atoms with Crippen molar-refractivity contribution >= 4 is 11.4 Å². The van der Waals surface area contributed by atoms with Crippen LogP contribution in [0.4, 0.5) is 0 Å². The van der Waals surface area contributed by atoms with Gasteiger partial charge in [0.1, 0.15) is 5.69 Å². The van der Waals surface area contributed by atoms with Gasteiger partial charge in [0.2, 0.25) is 5.88 Å². The number of aromatic nitrogens is 3. The van der Waals surface area contributed by atoms with Gasteiger partial charge in [-0.25, -0.2) is 9.97 Å². The number of nitrogens with zero attached hydrogens (tertiary/aromatic N) is 3. The van der Waals surface area contributed by atoms with Gasteiger partial charge in [-0.15, -0.1) is 0 Å². The molecule has 0 aliphatic carbocycles. The molecule has 0 saturated heterocycles. The number of rotatable bonds is 2. The van der Waals surface area contributed by atoms with E-state index in [9.17, 15) is 4.79 Å². The second-order valence-corrected chi connectivity index (χ2v) is 2.88. The molecular weight excluding hydrogens is 182 g/mol. The Morgan fingerprint density at radius 1 is 1.50 bits per heavy atom. The molecule has 0 amide bonds. The van der Waals surface area contributed by atoms with E-state index in [0.717, 1.165) is 0 Å². The number of carbonyl (C=O) groups excluding carboxylic acids is 1. The number of hydrogen-bond acceptors (Lipinski definition) is 4. The molecule has 0 aromatic carbocycles. The number of imidazole rings is 1. The second kappa shape index (κ2) is 3.10. The Balaban J connectivity index is 2.60. The average molecular weight is 191 g/mol. The number of ketones is 1. The van der Waals surface area contributed by atoms with E-state index in [2.05, 4.69) is 9.97 Å². The van der Waals surface area contributed by atoms with E-state index in [0.29, 0.717) is 17.2 Å². The molecule has 2 aromatic rings. The topological polar surface area (TPSA) is 56.5 Å². The maximum Gasteiger partial charge on any atom is 0.230 e. The highest BCUT2D eigenvalue weighted by molar-refractivity contribution is 5.92. The zero-order chi connectivity index (χ0) is 10.1. The van der Waals surface area contributed by atoms with E-state index in [1.54, 1.807) is 23.0 Å². The Morgan fingerprint density at radius 2 is 2.29 bits per heavy atom. The van der Waals surface area contributed by atoms with Crippen LogP contribution in [0.2, 0.25) is 0 Å². The molecule has 72 valence electrons. The monoisotopic (exact) mass is 191 g/mol. The Bertz CT molecular complexity index is 490. The van der Waals surface area contributed by atoms with Gasteiger partial charge in [-0.05, 0) is 0 Å². The molecule has 0 N–H and O–H groups in total. The minimum absolute atomic E-state index is 0.0623. The maximum absolute atomic E-state index is 11.0. The van der Waals surface area contributed by atoms with Gasteiger partial charge in [-0.3, -0.25) is 9.20 Å². The van der Waals surface area contributed by atoms with Gasteiger partial charge in [0, 0.05) is 13.1 Å². The van der Waals surface area contributed by atoms with E-state index in [1.165, 1.54) is 14.0 Å². The van der Waals surface area contributed by atoms with Gasteiger partial charge in [-0.1, -0.05) is 0 Å². The number of methoxy groups -OCH3 is 1. The molecule has 0 atom stereocenters. The fourth-order valence-corrected chi connectivity index (χ4v) is 1.16. The molecule has 0 saturated carbocycles. The van der Waals surface area contributed by atoms with Gasteiger partial charge in [0.25, 0.3) is 0 Å². The predicted molar refractivity (Wildman–Crippen MR) is 49.5 cm³/mol. The Hall–Kier alpha value is -1.91. The van der Waals surface area contributed by atoms with Crippen molar-refractivity contribution in [2.75, 3.05) is 7.11 Å². The van der Waals surface area contributed by atoms with Crippen LogP contribution in [0, 0.1) is 0 Å². The van der Waals surface area contributed by atoms with Crippen molar-refractivity contribution in [1.29, 1.82) is 0 Å². The molecule has 2 heterocycles. The molecule has 0 aliphatic rings. The number of hydrogen-bond donors (Lipinski definition) is 0. The summed E-state index contributed by atoms with van der Waals surface area (Å²) in [7, 11) is 1.54. The standard InChI is InChI=1S/C9H9N3O2/c1-6(13)7-4-12-5-9(14-2)10-3-8(12)11-7/h3-5H,1-2H3. The van der Waals surface area contributed by atoms with Crippen molar-refractivity contribution in [1.82, 2.24) is 14.4 Å². The Kier molecular flexibility index (Phi) is 1.92. The van der Waals surface area contributed by atoms with Crippen LogP contribution in [-0.4, -0.2) is 27.3 Å². The third kappa shape index (κ3) is 1.32. The summed E-state index contributed by atoms with van der Waals surface area (Å²) in [6, 6.07) is 0. The second-order valence-electron chi connectivity index (χ2n) is 2.88. The van der Waals surface area contributed by atoms with Crippen LogP contribution in [-0.2, 0) is 0 Å². The Labute approximate surface area is 80.4 Å². The normalized spacial score (nSPS) is 10.4. The molecule has 5 nitrogen and oxygen atoms in total. The highest BCUT2D eigenvalue weighted by Crippen LogP contribution is 2.09. The van der Waals surface area contributed by atoms with E-state index in [4.69, 9.17) is 4.74 Å². The molecular formula is C9H9N3O2. The summed E-state index contributed by atoms with van der Waals surface area (Å²) >= 11 is 0. The molecule has 5 heteroatoms. The van der Waals surface area contributed by atoms with Gasteiger partial charge in [0.15, 0.2) is 11.4 Å². The summed E-state index contributed by atoms with van der Waals surface area (Å²) in [5, 5.41) is 0. The van der Waals surface area contributed by atoms with Crippen LogP contribution in [0.25, 0.3) is 5.65 Å². The molecule has 0 spiro atoms. The summed E-state index contributed by atoms with van der Waals surface area (Å²) in [5.41, 5.74) is 1.07. The van der Waals surface area contributed by atoms with Gasteiger partial charge in [-0.2, -0.15) is 0 Å². The number of carbonyl (C=O) groups is 1. The van der Waals surface area contributed by atoms with Crippen LogP contribution in [0.15, 0.2) is 18.6 Å². The first kappa shape index (κ1) is 8.68. The summed E-state index contributed by atoms with van der Waals surface area (Å²) < 4.78 is 6.66. The lowest BCUT2D eigenvalue weighted by molar-refractivity contribution is 0.101. The quantitative estimate of drug-likeness (QED) is 0.663. The van der Waals surface area contributed by atoms with Crippen LogP contribution in [0.5, 0.6) is 5.88 Å². The van der Waals surface area contributed by atoms with Gasteiger partial charge >= 0.3 is 0 Å². The molecule has 0 unspecified atom stereocenters. The minimum atomic E-state index is -0.0623. The zero-order valence-corrected chi connectivity index (χ0v) is 7.89. The summed E-state index contributed by atoms with van der Waals surface area (Å²) in [6.07, 6.45) is 4.89. The third-order valence-electron chi connectivity index (χ3n) is 1.89. The fourth-order valence-electron chi connectivity index (χ4n) is 1.16. The third-order valence-corrected chi connectivity index (χ3v) is 1.89. The van der Waals surface area contributed by atoms with Crippen molar-refractivity contribution in [2.24, 2.45) is 0 Å². The van der Waals surface area contributed by atoms with Crippen LogP contribution >= 0.6 is 0 Å². The minimum Gasteiger partial charge on any atom is -0.480 e. The molecule has 0 bridgehead atoms. The van der Waals surface area contributed by atoms with E-state index >= 15 is 0 Å².